The topological polar surface area (TPSA) is 75.7 Å². The second-order valence-corrected chi connectivity index (χ2v) is 7.05. The van der Waals surface area contributed by atoms with Gasteiger partial charge in [-0.3, -0.25) is 9.59 Å². The zero-order chi connectivity index (χ0) is 20.8. The SMILES string of the molecule is COC(=O)c1ccc(C(=O)N2CCC[C@@H](CNC(=O)c3ccc(F)cc3)C2)cc1. The van der Waals surface area contributed by atoms with Gasteiger partial charge in [0.25, 0.3) is 11.8 Å². The second-order valence-electron chi connectivity index (χ2n) is 7.05. The number of methoxy groups -OCH3 is 1. The van der Waals surface area contributed by atoms with Gasteiger partial charge in [0.2, 0.25) is 0 Å². The number of amides is 2. The Hall–Kier alpha value is -3.22. The number of esters is 1. The van der Waals surface area contributed by atoms with Gasteiger partial charge in [0, 0.05) is 30.8 Å². The van der Waals surface area contributed by atoms with E-state index < -0.39 is 5.97 Å². The molecule has 0 unspecified atom stereocenters. The third kappa shape index (κ3) is 5.19. The molecule has 0 aromatic heterocycles. The van der Waals surface area contributed by atoms with Crippen molar-refractivity contribution in [2.45, 2.75) is 12.8 Å². The van der Waals surface area contributed by atoms with Crippen LogP contribution >= 0.6 is 0 Å². The maximum Gasteiger partial charge on any atom is 0.337 e. The number of hydrogen-bond acceptors (Lipinski definition) is 4. The number of carbonyl (C=O) groups is 3. The zero-order valence-corrected chi connectivity index (χ0v) is 16.2. The Kier molecular flexibility index (Phi) is 6.59. The Bertz CT molecular complexity index is 881. The molecule has 0 saturated carbocycles. The third-order valence-electron chi connectivity index (χ3n) is 5.02. The van der Waals surface area contributed by atoms with Crippen molar-refractivity contribution in [1.29, 1.82) is 0 Å². The van der Waals surface area contributed by atoms with Crippen LogP contribution in [0.3, 0.4) is 0 Å². The molecular formula is C22H23FN2O4. The maximum absolute atomic E-state index is 13.0. The number of likely N-dealkylation sites (tertiary alicyclic amines) is 1. The summed E-state index contributed by atoms with van der Waals surface area (Å²) in [5.41, 5.74) is 1.30. The van der Waals surface area contributed by atoms with Crippen molar-refractivity contribution in [3.8, 4) is 0 Å². The van der Waals surface area contributed by atoms with Crippen LogP contribution in [0.2, 0.25) is 0 Å². The summed E-state index contributed by atoms with van der Waals surface area (Å²) < 4.78 is 17.6. The minimum Gasteiger partial charge on any atom is -0.465 e. The molecule has 7 heteroatoms. The Morgan fingerprint density at radius 2 is 1.66 bits per heavy atom. The predicted octanol–water partition coefficient (Wildman–Crippen LogP) is 2.89. The molecule has 152 valence electrons. The number of carbonyl (C=O) groups excluding carboxylic acids is 3. The average Bonchev–Trinajstić information content (AvgIpc) is 2.77. The summed E-state index contributed by atoms with van der Waals surface area (Å²) in [6.07, 6.45) is 1.76. The fourth-order valence-electron chi connectivity index (χ4n) is 3.41. The van der Waals surface area contributed by atoms with Crippen LogP contribution in [-0.4, -0.2) is 49.4 Å². The lowest BCUT2D eigenvalue weighted by molar-refractivity contribution is 0.0598. The summed E-state index contributed by atoms with van der Waals surface area (Å²) in [6.45, 7) is 1.64. The summed E-state index contributed by atoms with van der Waals surface area (Å²) in [7, 11) is 1.31. The minimum absolute atomic E-state index is 0.101. The van der Waals surface area contributed by atoms with Crippen molar-refractivity contribution in [1.82, 2.24) is 10.2 Å². The van der Waals surface area contributed by atoms with Gasteiger partial charge >= 0.3 is 5.97 Å². The van der Waals surface area contributed by atoms with E-state index in [1.807, 2.05) is 0 Å². The van der Waals surface area contributed by atoms with Crippen LogP contribution in [0.1, 0.15) is 43.9 Å². The van der Waals surface area contributed by atoms with E-state index in [4.69, 9.17) is 0 Å². The first-order valence-corrected chi connectivity index (χ1v) is 9.49. The molecule has 1 aliphatic heterocycles. The van der Waals surface area contributed by atoms with Gasteiger partial charge in [-0.1, -0.05) is 0 Å². The van der Waals surface area contributed by atoms with E-state index in [2.05, 4.69) is 10.1 Å². The Morgan fingerprint density at radius 3 is 2.31 bits per heavy atom. The van der Waals surface area contributed by atoms with Crippen LogP contribution in [-0.2, 0) is 4.74 Å². The lowest BCUT2D eigenvalue weighted by Gasteiger charge is -2.33. The smallest absolute Gasteiger partial charge is 0.337 e. The molecule has 0 bridgehead atoms. The van der Waals surface area contributed by atoms with Gasteiger partial charge in [-0.05, 0) is 67.3 Å². The largest absolute Gasteiger partial charge is 0.465 e. The summed E-state index contributed by atoms with van der Waals surface area (Å²) in [5, 5.41) is 2.86. The summed E-state index contributed by atoms with van der Waals surface area (Å²) in [6, 6.07) is 11.8. The van der Waals surface area contributed by atoms with Gasteiger partial charge in [-0.15, -0.1) is 0 Å². The van der Waals surface area contributed by atoms with Gasteiger partial charge in [-0.25, -0.2) is 9.18 Å². The Labute approximate surface area is 168 Å². The number of halogens is 1. The molecule has 0 aliphatic carbocycles. The molecular weight excluding hydrogens is 375 g/mol. The van der Waals surface area contributed by atoms with E-state index in [1.54, 1.807) is 29.2 Å². The van der Waals surface area contributed by atoms with E-state index in [1.165, 1.54) is 31.4 Å². The summed E-state index contributed by atoms with van der Waals surface area (Å²) in [4.78, 5) is 38.3. The van der Waals surface area contributed by atoms with Crippen LogP contribution in [0.25, 0.3) is 0 Å². The number of ether oxygens (including phenoxy) is 1. The number of rotatable bonds is 5. The lowest BCUT2D eigenvalue weighted by Crippen LogP contribution is -2.43. The minimum atomic E-state index is -0.445. The average molecular weight is 398 g/mol. The van der Waals surface area contributed by atoms with Crippen LogP contribution in [0, 0.1) is 11.7 Å². The Morgan fingerprint density at radius 1 is 1.03 bits per heavy atom. The van der Waals surface area contributed by atoms with Gasteiger partial charge < -0.3 is 15.0 Å². The second kappa shape index (κ2) is 9.32. The highest BCUT2D eigenvalue weighted by atomic mass is 19.1. The molecule has 1 saturated heterocycles. The van der Waals surface area contributed by atoms with E-state index >= 15 is 0 Å². The van der Waals surface area contributed by atoms with Crippen molar-refractivity contribution < 1.29 is 23.5 Å². The van der Waals surface area contributed by atoms with Crippen LogP contribution < -0.4 is 5.32 Å². The summed E-state index contributed by atoms with van der Waals surface area (Å²) in [5.74, 6) is -1.05. The normalized spacial score (nSPS) is 16.2. The molecule has 2 amide bonds. The van der Waals surface area contributed by atoms with Crippen LogP contribution in [0.5, 0.6) is 0 Å². The van der Waals surface area contributed by atoms with Gasteiger partial charge in [0.15, 0.2) is 0 Å². The highest BCUT2D eigenvalue weighted by Crippen LogP contribution is 2.19. The quantitative estimate of drug-likeness (QED) is 0.786. The number of nitrogens with one attached hydrogen (secondary N) is 1. The molecule has 1 atom stereocenters. The highest BCUT2D eigenvalue weighted by Gasteiger charge is 2.25. The monoisotopic (exact) mass is 398 g/mol. The first kappa shape index (κ1) is 20.5. The molecule has 1 N–H and O–H groups in total. The molecule has 0 radical (unpaired) electrons. The van der Waals surface area contributed by atoms with Crippen molar-refractivity contribution in [2.75, 3.05) is 26.7 Å². The first-order chi connectivity index (χ1) is 14.0. The van der Waals surface area contributed by atoms with E-state index in [9.17, 15) is 18.8 Å². The Balaban J connectivity index is 1.55. The van der Waals surface area contributed by atoms with E-state index in [-0.39, 0.29) is 23.5 Å². The first-order valence-electron chi connectivity index (χ1n) is 9.49. The van der Waals surface area contributed by atoms with Gasteiger partial charge in [0.05, 0.1) is 12.7 Å². The molecule has 3 rings (SSSR count). The van der Waals surface area contributed by atoms with Crippen molar-refractivity contribution in [3.63, 3.8) is 0 Å². The number of piperidine rings is 1. The summed E-state index contributed by atoms with van der Waals surface area (Å²) >= 11 is 0. The number of nitrogens with zero attached hydrogens (tertiary/aromatic N) is 1. The van der Waals surface area contributed by atoms with Crippen molar-refractivity contribution in [3.05, 3.63) is 71.0 Å². The van der Waals surface area contributed by atoms with E-state index in [0.29, 0.717) is 36.3 Å². The molecule has 1 heterocycles. The fourth-order valence-corrected chi connectivity index (χ4v) is 3.41. The predicted molar refractivity (Wildman–Crippen MR) is 105 cm³/mol. The molecule has 1 fully saturated rings. The van der Waals surface area contributed by atoms with Crippen LogP contribution in [0.4, 0.5) is 4.39 Å². The van der Waals surface area contributed by atoms with Crippen molar-refractivity contribution in [2.24, 2.45) is 5.92 Å². The fraction of sp³-hybridized carbons (Fsp3) is 0.318. The van der Waals surface area contributed by atoms with Crippen molar-refractivity contribution >= 4 is 17.8 Å². The lowest BCUT2D eigenvalue weighted by atomic mass is 9.97. The molecule has 2 aromatic rings. The van der Waals surface area contributed by atoms with Crippen LogP contribution in [0.15, 0.2) is 48.5 Å². The standard InChI is InChI=1S/C22H23FN2O4/c1-29-22(28)18-6-4-17(5-7-18)21(27)25-12-2-3-15(14-25)13-24-20(26)16-8-10-19(23)11-9-16/h4-11,15H,2-3,12-14H2,1H3,(H,24,26)/t15-/m0/s1. The molecule has 0 spiro atoms. The molecule has 1 aliphatic rings. The zero-order valence-electron chi connectivity index (χ0n) is 16.2. The maximum atomic E-state index is 13.0. The van der Waals surface area contributed by atoms with Gasteiger partial charge in [0.1, 0.15) is 5.82 Å². The third-order valence-corrected chi connectivity index (χ3v) is 5.02. The number of hydrogen-bond donors (Lipinski definition) is 1. The van der Waals surface area contributed by atoms with E-state index in [0.717, 1.165) is 12.8 Å². The van der Waals surface area contributed by atoms with Gasteiger partial charge in [-0.2, -0.15) is 0 Å². The molecule has 29 heavy (non-hydrogen) atoms. The molecule has 6 nitrogen and oxygen atoms in total. The molecule has 2 aromatic carbocycles. The highest BCUT2D eigenvalue weighted by molar-refractivity contribution is 5.96. The number of benzene rings is 2.